The quantitative estimate of drug-likeness (QED) is 0.636. The number of sulfone groups is 1. The van der Waals surface area contributed by atoms with E-state index in [1.54, 1.807) is 20.8 Å². The predicted octanol–water partition coefficient (Wildman–Crippen LogP) is 2.47. The van der Waals surface area contributed by atoms with Crippen LogP contribution in [0.1, 0.15) is 27.7 Å². The highest BCUT2D eigenvalue weighted by molar-refractivity contribution is 7.92. The van der Waals surface area contributed by atoms with Gasteiger partial charge in [-0.05, 0) is 39.8 Å². The third-order valence-corrected chi connectivity index (χ3v) is 4.47. The Morgan fingerprint density at radius 1 is 1.25 bits per heavy atom. The van der Waals surface area contributed by atoms with E-state index < -0.39 is 43.2 Å². The van der Waals surface area contributed by atoms with Crippen LogP contribution in [-0.2, 0) is 19.4 Å². The third-order valence-electron chi connectivity index (χ3n) is 2.40. The first-order chi connectivity index (χ1) is 8.95. The SMILES string of the molecule is CC(C(=O)OC(C)(C)C)S(=O)(=O)c1ccc(F)cc1F. The molecule has 0 spiro atoms. The summed E-state index contributed by atoms with van der Waals surface area (Å²) in [5.41, 5.74) is -0.859. The second-order valence-electron chi connectivity index (χ2n) is 5.30. The van der Waals surface area contributed by atoms with Crippen molar-refractivity contribution in [1.29, 1.82) is 0 Å². The van der Waals surface area contributed by atoms with Gasteiger partial charge in [-0.2, -0.15) is 0 Å². The van der Waals surface area contributed by atoms with Crippen LogP contribution < -0.4 is 0 Å². The van der Waals surface area contributed by atoms with Crippen LogP contribution in [0.3, 0.4) is 0 Å². The minimum atomic E-state index is -4.27. The van der Waals surface area contributed by atoms with Gasteiger partial charge in [0.15, 0.2) is 15.1 Å². The predicted molar refractivity (Wildman–Crippen MR) is 68.9 cm³/mol. The maximum Gasteiger partial charge on any atom is 0.324 e. The number of benzene rings is 1. The lowest BCUT2D eigenvalue weighted by Crippen LogP contribution is -2.35. The lowest BCUT2D eigenvalue weighted by molar-refractivity contribution is -0.153. The molecule has 1 unspecified atom stereocenters. The Bertz CT molecular complexity index is 618. The molecule has 0 heterocycles. The number of esters is 1. The first kappa shape index (κ1) is 16.6. The van der Waals surface area contributed by atoms with Crippen LogP contribution in [-0.4, -0.2) is 25.2 Å². The molecule has 0 saturated carbocycles. The van der Waals surface area contributed by atoms with Crippen LogP contribution in [0, 0.1) is 11.6 Å². The summed E-state index contributed by atoms with van der Waals surface area (Å²) in [7, 11) is -4.27. The highest BCUT2D eigenvalue weighted by Crippen LogP contribution is 2.22. The van der Waals surface area contributed by atoms with Crippen molar-refractivity contribution >= 4 is 15.8 Å². The molecule has 0 aromatic heterocycles. The van der Waals surface area contributed by atoms with Crippen LogP contribution in [0.5, 0.6) is 0 Å². The van der Waals surface area contributed by atoms with Crippen LogP contribution in [0.15, 0.2) is 23.1 Å². The molecule has 1 atom stereocenters. The Balaban J connectivity index is 3.13. The van der Waals surface area contributed by atoms with E-state index in [0.717, 1.165) is 19.1 Å². The molecule has 0 bridgehead atoms. The highest BCUT2D eigenvalue weighted by atomic mass is 32.2. The summed E-state index contributed by atoms with van der Waals surface area (Å²) in [6.07, 6.45) is 0. The molecule has 1 aromatic carbocycles. The summed E-state index contributed by atoms with van der Waals surface area (Å²) in [5.74, 6) is -3.12. The van der Waals surface area contributed by atoms with Gasteiger partial charge in [0, 0.05) is 6.07 Å². The molecule has 0 aliphatic heterocycles. The summed E-state index contributed by atoms with van der Waals surface area (Å²) in [5, 5.41) is -1.58. The Labute approximate surface area is 116 Å². The average Bonchev–Trinajstić information content (AvgIpc) is 2.24. The molecule has 0 fully saturated rings. The molecular weight excluding hydrogens is 290 g/mol. The summed E-state index contributed by atoms with van der Waals surface area (Å²) in [6.45, 7) is 5.86. The van der Waals surface area contributed by atoms with Crippen molar-refractivity contribution in [1.82, 2.24) is 0 Å². The normalized spacial score (nSPS) is 13.9. The van der Waals surface area contributed by atoms with E-state index in [2.05, 4.69) is 0 Å². The molecule has 0 radical (unpaired) electrons. The Hall–Kier alpha value is -1.50. The summed E-state index contributed by atoms with van der Waals surface area (Å²) in [4.78, 5) is 11.0. The Kier molecular flexibility index (Phi) is 4.53. The zero-order valence-corrected chi connectivity index (χ0v) is 12.4. The molecule has 20 heavy (non-hydrogen) atoms. The van der Waals surface area contributed by atoms with E-state index in [-0.39, 0.29) is 0 Å². The minimum Gasteiger partial charge on any atom is -0.459 e. The van der Waals surface area contributed by atoms with Crippen LogP contribution in [0.25, 0.3) is 0 Å². The third kappa shape index (κ3) is 3.75. The summed E-state index contributed by atoms with van der Waals surface area (Å²) >= 11 is 0. The van der Waals surface area contributed by atoms with Gasteiger partial charge in [0.25, 0.3) is 0 Å². The van der Waals surface area contributed by atoms with Gasteiger partial charge in [-0.1, -0.05) is 0 Å². The van der Waals surface area contributed by atoms with Gasteiger partial charge < -0.3 is 4.74 Å². The first-order valence-electron chi connectivity index (χ1n) is 5.87. The number of hydrogen-bond donors (Lipinski definition) is 0. The number of carbonyl (C=O) groups excluding carboxylic acids is 1. The van der Waals surface area contributed by atoms with Crippen molar-refractivity contribution in [2.24, 2.45) is 0 Å². The van der Waals surface area contributed by atoms with Crippen molar-refractivity contribution in [2.45, 2.75) is 43.4 Å². The van der Waals surface area contributed by atoms with Gasteiger partial charge in [0.2, 0.25) is 0 Å². The monoisotopic (exact) mass is 306 g/mol. The Morgan fingerprint density at radius 2 is 1.80 bits per heavy atom. The summed E-state index contributed by atoms with van der Waals surface area (Å²) < 4.78 is 55.5. The van der Waals surface area contributed by atoms with Crippen molar-refractivity contribution in [3.05, 3.63) is 29.8 Å². The van der Waals surface area contributed by atoms with E-state index >= 15 is 0 Å². The van der Waals surface area contributed by atoms with E-state index in [1.165, 1.54) is 0 Å². The fourth-order valence-corrected chi connectivity index (χ4v) is 2.68. The zero-order chi connectivity index (χ0) is 15.7. The van der Waals surface area contributed by atoms with E-state index in [9.17, 15) is 22.0 Å². The molecule has 1 rings (SSSR count). The topological polar surface area (TPSA) is 60.4 Å². The molecule has 0 aliphatic rings. The van der Waals surface area contributed by atoms with Gasteiger partial charge in [-0.25, -0.2) is 17.2 Å². The highest BCUT2D eigenvalue weighted by Gasteiger charge is 2.35. The molecule has 1 aromatic rings. The zero-order valence-electron chi connectivity index (χ0n) is 11.6. The molecule has 0 aliphatic carbocycles. The van der Waals surface area contributed by atoms with Crippen molar-refractivity contribution in [2.75, 3.05) is 0 Å². The van der Waals surface area contributed by atoms with Gasteiger partial charge in [-0.3, -0.25) is 4.79 Å². The lowest BCUT2D eigenvalue weighted by Gasteiger charge is -2.22. The number of halogens is 2. The smallest absolute Gasteiger partial charge is 0.324 e. The largest absolute Gasteiger partial charge is 0.459 e. The molecule has 0 N–H and O–H groups in total. The maximum absolute atomic E-state index is 13.5. The molecule has 112 valence electrons. The standard InChI is InChI=1S/C13H16F2O4S/c1-8(12(16)19-13(2,3)4)20(17,18)11-6-5-9(14)7-10(11)15/h5-8H,1-4H3. The fraction of sp³-hybridized carbons (Fsp3) is 0.462. The van der Waals surface area contributed by atoms with Crippen molar-refractivity contribution in [3.8, 4) is 0 Å². The fourth-order valence-electron chi connectivity index (χ4n) is 1.41. The number of hydrogen-bond acceptors (Lipinski definition) is 4. The van der Waals surface area contributed by atoms with Gasteiger partial charge in [0.1, 0.15) is 22.1 Å². The average molecular weight is 306 g/mol. The molecule has 4 nitrogen and oxygen atoms in total. The van der Waals surface area contributed by atoms with Crippen LogP contribution in [0.4, 0.5) is 8.78 Å². The Morgan fingerprint density at radius 3 is 2.25 bits per heavy atom. The van der Waals surface area contributed by atoms with Gasteiger partial charge >= 0.3 is 5.97 Å². The van der Waals surface area contributed by atoms with E-state index in [1.807, 2.05) is 0 Å². The lowest BCUT2D eigenvalue weighted by atomic mass is 10.2. The minimum absolute atomic E-state index is 0.453. The second-order valence-corrected chi connectivity index (χ2v) is 7.53. The number of ether oxygens (including phenoxy) is 1. The second kappa shape index (κ2) is 5.47. The number of rotatable bonds is 3. The van der Waals surface area contributed by atoms with Gasteiger partial charge in [0.05, 0.1) is 0 Å². The van der Waals surface area contributed by atoms with Gasteiger partial charge in [-0.15, -0.1) is 0 Å². The van der Waals surface area contributed by atoms with E-state index in [0.29, 0.717) is 6.07 Å². The molecule has 7 heteroatoms. The first-order valence-corrected chi connectivity index (χ1v) is 7.41. The summed E-state index contributed by atoms with van der Waals surface area (Å²) in [6, 6.07) is 2.06. The molecule has 0 saturated heterocycles. The van der Waals surface area contributed by atoms with Crippen LogP contribution >= 0.6 is 0 Å². The van der Waals surface area contributed by atoms with Crippen molar-refractivity contribution < 1.29 is 26.7 Å². The number of carbonyl (C=O) groups is 1. The molecular formula is C13H16F2O4S. The van der Waals surface area contributed by atoms with Crippen LogP contribution in [0.2, 0.25) is 0 Å². The maximum atomic E-state index is 13.5. The van der Waals surface area contributed by atoms with Crippen molar-refractivity contribution in [3.63, 3.8) is 0 Å². The molecule has 0 amide bonds. The van der Waals surface area contributed by atoms with E-state index in [4.69, 9.17) is 4.74 Å².